The van der Waals surface area contributed by atoms with E-state index >= 15 is 0 Å². The van der Waals surface area contributed by atoms with Gasteiger partial charge in [-0.1, -0.05) is 6.08 Å². The van der Waals surface area contributed by atoms with E-state index in [1.54, 1.807) is 0 Å². The van der Waals surface area contributed by atoms with Gasteiger partial charge in [0.2, 0.25) is 6.41 Å². The third-order valence-corrected chi connectivity index (χ3v) is 1.12. The Labute approximate surface area is 59.2 Å². The van der Waals surface area contributed by atoms with Crippen molar-refractivity contribution in [1.82, 2.24) is 5.32 Å². The molecule has 0 fully saturated rings. The van der Waals surface area contributed by atoms with Gasteiger partial charge in [-0.3, -0.25) is 4.79 Å². The van der Waals surface area contributed by atoms with Gasteiger partial charge in [0.05, 0.1) is 12.6 Å². The SMILES string of the molecule is C=C[C@H](NC=O)[C@H](O)CO. The first-order chi connectivity index (χ1) is 4.76. The zero-order valence-electron chi connectivity index (χ0n) is 5.53. The molecule has 3 N–H and O–H groups in total. The minimum atomic E-state index is -0.970. The predicted molar refractivity (Wildman–Crippen MR) is 36.3 cm³/mol. The second-order valence-electron chi connectivity index (χ2n) is 1.80. The maximum absolute atomic E-state index is 9.84. The molecule has 4 heteroatoms. The fourth-order valence-electron chi connectivity index (χ4n) is 0.528. The molecular weight excluding hydrogens is 134 g/mol. The number of aliphatic hydroxyl groups is 2. The average Bonchev–Trinajstić information content (AvgIpc) is 1.99. The molecule has 0 aromatic carbocycles. The van der Waals surface area contributed by atoms with E-state index in [4.69, 9.17) is 10.2 Å². The van der Waals surface area contributed by atoms with Crippen LogP contribution in [0, 0.1) is 0 Å². The van der Waals surface area contributed by atoms with Gasteiger partial charge in [-0.2, -0.15) is 0 Å². The van der Waals surface area contributed by atoms with Crippen LogP contribution in [0.5, 0.6) is 0 Å². The van der Waals surface area contributed by atoms with Crippen LogP contribution in [0.2, 0.25) is 0 Å². The first kappa shape index (κ1) is 9.13. The second kappa shape index (κ2) is 4.96. The Kier molecular flexibility index (Phi) is 4.53. The summed E-state index contributed by atoms with van der Waals surface area (Å²) in [5, 5.41) is 19.6. The Balaban J connectivity index is 3.78. The molecule has 0 radical (unpaired) electrons. The maximum Gasteiger partial charge on any atom is 0.207 e. The van der Waals surface area contributed by atoms with Crippen LogP contribution in [0.15, 0.2) is 12.7 Å². The number of rotatable bonds is 5. The van der Waals surface area contributed by atoms with E-state index in [-0.39, 0.29) is 0 Å². The average molecular weight is 145 g/mol. The molecule has 10 heavy (non-hydrogen) atoms. The molecule has 1 amide bonds. The second-order valence-corrected chi connectivity index (χ2v) is 1.80. The summed E-state index contributed by atoms with van der Waals surface area (Å²) in [4.78, 5) is 9.84. The molecule has 0 aliphatic rings. The van der Waals surface area contributed by atoms with Gasteiger partial charge in [0.1, 0.15) is 6.10 Å². The molecule has 0 unspecified atom stereocenters. The maximum atomic E-state index is 9.84. The molecule has 0 rings (SSSR count). The lowest BCUT2D eigenvalue weighted by Gasteiger charge is -2.15. The fraction of sp³-hybridized carbons (Fsp3) is 0.500. The smallest absolute Gasteiger partial charge is 0.207 e. The lowest BCUT2D eigenvalue weighted by molar-refractivity contribution is -0.110. The Bertz CT molecular complexity index is 116. The highest BCUT2D eigenvalue weighted by Crippen LogP contribution is 1.91. The van der Waals surface area contributed by atoms with Crippen LogP contribution in [0.4, 0.5) is 0 Å². The van der Waals surface area contributed by atoms with Crippen molar-refractivity contribution in [3.8, 4) is 0 Å². The summed E-state index contributed by atoms with van der Waals surface area (Å²) < 4.78 is 0. The standard InChI is InChI=1S/C6H11NO3/c1-2-5(7-4-9)6(10)3-8/h2,4-6,8,10H,1,3H2,(H,7,9)/t5-,6+/m0/s1. The van der Waals surface area contributed by atoms with Gasteiger partial charge in [0.15, 0.2) is 0 Å². The molecule has 0 aromatic heterocycles. The Hall–Kier alpha value is -0.870. The number of carbonyl (C=O) groups is 1. The third kappa shape index (κ3) is 2.61. The van der Waals surface area contributed by atoms with Crippen molar-refractivity contribution in [3.63, 3.8) is 0 Å². The Morgan fingerprint density at radius 3 is 2.60 bits per heavy atom. The molecule has 58 valence electrons. The third-order valence-electron chi connectivity index (χ3n) is 1.12. The molecule has 2 atom stereocenters. The molecule has 0 spiro atoms. The Morgan fingerprint density at radius 1 is 1.70 bits per heavy atom. The molecule has 0 aliphatic heterocycles. The molecule has 4 nitrogen and oxygen atoms in total. The van der Waals surface area contributed by atoms with Crippen LogP contribution >= 0.6 is 0 Å². The van der Waals surface area contributed by atoms with E-state index in [2.05, 4.69) is 11.9 Å². The van der Waals surface area contributed by atoms with Crippen LogP contribution in [-0.2, 0) is 4.79 Å². The van der Waals surface area contributed by atoms with Gasteiger partial charge in [-0.15, -0.1) is 6.58 Å². The van der Waals surface area contributed by atoms with Gasteiger partial charge < -0.3 is 15.5 Å². The van der Waals surface area contributed by atoms with Crippen LogP contribution in [0.3, 0.4) is 0 Å². The summed E-state index contributed by atoms with van der Waals surface area (Å²) >= 11 is 0. The molecule has 0 saturated heterocycles. The number of aliphatic hydroxyl groups excluding tert-OH is 2. The van der Waals surface area contributed by atoms with Crippen molar-refractivity contribution in [2.75, 3.05) is 6.61 Å². The number of hydrogen-bond acceptors (Lipinski definition) is 3. The van der Waals surface area contributed by atoms with E-state index in [9.17, 15) is 4.79 Å². The van der Waals surface area contributed by atoms with E-state index in [1.807, 2.05) is 0 Å². The van der Waals surface area contributed by atoms with Gasteiger partial charge in [0, 0.05) is 0 Å². The normalized spacial score (nSPS) is 15.4. The molecule has 0 bridgehead atoms. The number of hydrogen-bond donors (Lipinski definition) is 3. The first-order valence-corrected chi connectivity index (χ1v) is 2.87. The van der Waals surface area contributed by atoms with E-state index in [1.165, 1.54) is 6.08 Å². The van der Waals surface area contributed by atoms with Crippen molar-refractivity contribution in [3.05, 3.63) is 12.7 Å². The molecule has 0 aliphatic carbocycles. The van der Waals surface area contributed by atoms with Crippen molar-refractivity contribution in [1.29, 1.82) is 0 Å². The van der Waals surface area contributed by atoms with Crippen LogP contribution in [0.25, 0.3) is 0 Å². The summed E-state index contributed by atoms with van der Waals surface area (Å²) in [5.74, 6) is 0. The lowest BCUT2D eigenvalue weighted by atomic mass is 10.2. The monoisotopic (exact) mass is 145 g/mol. The zero-order valence-corrected chi connectivity index (χ0v) is 5.53. The highest BCUT2D eigenvalue weighted by molar-refractivity contribution is 5.47. The number of nitrogens with one attached hydrogen (secondary N) is 1. The highest BCUT2D eigenvalue weighted by atomic mass is 16.3. The summed E-state index contributed by atoms with van der Waals surface area (Å²) in [6, 6.07) is -0.567. The van der Waals surface area contributed by atoms with Crippen LogP contribution < -0.4 is 5.32 Å². The number of amides is 1. The summed E-state index contributed by atoms with van der Waals surface area (Å²) in [6.07, 6.45) is 0.836. The molecular formula is C6H11NO3. The first-order valence-electron chi connectivity index (χ1n) is 2.87. The van der Waals surface area contributed by atoms with E-state index < -0.39 is 18.8 Å². The summed E-state index contributed by atoms with van der Waals surface area (Å²) in [5.41, 5.74) is 0. The number of carbonyl (C=O) groups excluding carboxylic acids is 1. The van der Waals surface area contributed by atoms with Crippen LogP contribution in [-0.4, -0.2) is 35.4 Å². The van der Waals surface area contributed by atoms with Crippen LogP contribution in [0.1, 0.15) is 0 Å². The fourth-order valence-corrected chi connectivity index (χ4v) is 0.528. The van der Waals surface area contributed by atoms with Gasteiger partial charge in [0.25, 0.3) is 0 Å². The molecule has 0 aromatic rings. The summed E-state index contributed by atoms with van der Waals surface area (Å²) in [7, 11) is 0. The molecule has 0 heterocycles. The summed E-state index contributed by atoms with van der Waals surface area (Å²) in [6.45, 7) is 2.96. The van der Waals surface area contributed by atoms with Crippen molar-refractivity contribution < 1.29 is 15.0 Å². The largest absolute Gasteiger partial charge is 0.394 e. The quantitative estimate of drug-likeness (QED) is 0.330. The minimum absolute atomic E-state index is 0.391. The lowest BCUT2D eigenvalue weighted by Crippen LogP contribution is -2.39. The highest BCUT2D eigenvalue weighted by Gasteiger charge is 2.12. The van der Waals surface area contributed by atoms with Crippen molar-refractivity contribution >= 4 is 6.41 Å². The van der Waals surface area contributed by atoms with E-state index in [0.717, 1.165) is 0 Å². The van der Waals surface area contributed by atoms with Gasteiger partial charge >= 0.3 is 0 Å². The van der Waals surface area contributed by atoms with Crippen molar-refractivity contribution in [2.45, 2.75) is 12.1 Å². The van der Waals surface area contributed by atoms with Gasteiger partial charge in [-0.25, -0.2) is 0 Å². The van der Waals surface area contributed by atoms with Crippen molar-refractivity contribution in [2.24, 2.45) is 0 Å². The van der Waals surface area contributed by atoms with Gasteiger partial charge in [-0.05, 0) is 0 Å². The minimum Gasteiger partial charge on any atom is -0.394 e. The topological polar surface area (TPSA) is 69.6 Å². The Morgan fingerprint density at radius 2 is 2.30 bits per heavy atom. The predicted octanol–water partition coefficient (Wildman–Crippen LogP) is -1.36. The zero-order chi connectivity index (χ0) is 7.98. The van der Waals surface area contributed by atoms with E-state index in [0.29, 0.717) is 6.41 Å². The molecule has 0 saturated carbocycles.